The molecule has 0 spiro atoms. The van der Waals surface area contributed by atoms with E-state index in [0.29, 0.717) is 6.61 Å². The van der Waals surface area contributed by atoms with Gasteiger partial charge in [0, 0.05) is 34.5 Å². The molecule has 0 aliphatic carbocycles. The van der Waals surface area contributed by atoms with Crippen molar-refractivity contribution >= 4 is 17.9 Å². The van der Waals surface area contributed by atoms with Crippen LogP contribution in [0.4, 0.5) is 0 Å². The monoisotopic (exact) mass is 348 g/mol. The van der Waals surface area contributed by atoms with Crippen LogP contribution in [0.2, 0.25) is 0 Å². The number of esters is 3. The van der Waals surface area contributed by atoms with Gasteiger partial charge >= 0.3 is 17.9 Å². The van der Waals surface area contributed by atoms with E-state index in [1.807, 2.05) is 0 Å². The van der Waals surface area contributed by atoms with Gasteiger partial charge in [0.15, 0.2) is 18.5 Å². The van der Waals surface area contributed by atoms with Crippen molar-refractivity contribution in [2.24, 2.45) is 0 Å². The van der Waals surface area contributed by atoms with E-state index >= 15 is 0 Å². The molecule has 5 unspecified atom stereocenters. The molecule has 1 fully saturated rings. The first-order valence-electron chi connectivity index (χ1n) is 7.57. The molecule has 9 nitrogen and oxygen atoms in total. The van der Waals surface area contributed by atoms with Crippen molar-refractivity contribution in [1.29, 1.82) is 0 Å². The predicted octanol–water partition coefficient (Wildman–Crippen LogP) is 0.189. The van der Waals surface area contributed by atoms with Crippen LogP contribution in [0.25, 0.3) is 0 Å². The van der Waals surface area contributed by atoms with Crippen molar-refractivity contribution in [3.8, 4) is 0 Å². The van der Waals surface area contributed by atoms with E-state index in [1.54, 1.807) is 6.92 Å². The summed E-state index contributed by atoms with van der Waals surface area (Å²) < 4.78 is 32.0. The highest BCUT2D eigenvalue weighted by Crippen LogP contribution is 2.29. The zero-order valence-corrected chi connectivity index (χ0v) is 14.5. The molecule has 0 amide bonds. The number of ether oxygens (including phenoxy) is 6. The van der Waals surface area contributed by atoms with Crippen LogP contribution in [0.3, 0.4) is 0 Å². The molecular formula is C15H24O9. The van der Waals surface area contributed by atoms with Crippen LogP contribution in [0.1, 0.15) is 27.7 Å². The summed E-state index contributed by atoms with van der Waals surface area (Å²) in [6.07, 6.45) is -4.54. The van der Waals surface area contributed by atoms with E-state index in [1.165, 1.54) is 27.9 Å². The molecule has 0 aromatic carbocycles. The second-order valence-electron chi connectivity index (χ2n) is 5.15. The van der Waals surface area contributed by atoms with Gasteiger partial charge in [0.05, 0.1) is 0 Å². The minimum absolute atomic E-state index is 0.191. The standard InChI is InChI=1S/C15H24O9/c1-6-20-14-13(23-10(4)18)12(22-9(3)17)11(7-21-8(2)16)24-15(14)19-5/h11-15H,6-7H2,1-5H3. The van der Waals surface area contributed by atoms with Crippen molar-refractivity contribution in [1.82, 2.24) is 0 Å². The normalized spacial score (nSPS) is 29.6. The number of rotatable bonds is 7. The summed E-state index contributed by atoms with van der Waals surface area (Å²) in [6.45, 7) is 5.54. The maximum atomic E-state index is 11.5. The Morgan fingerprint density at radius 3 is 1.96 bits per heavy atom. The summed E-state index contributed by atoms with van der Waals surface area (Å²) >= 11 is 0. The molecule has 1 heterocycles. The number of hydrogen-bond donors (Lipinski definition) is 0. The quantitative estimate of drug-likeness (QED) is 0.470. The van der Waals surface area contributed by atoms with E-state index < -0.39 is 48.6 Å². The van der Waals surface area contributed by atoms with Gasteiger partial charge < -0.3 is 28.4 Å². The van der Waals surface area contributed by atoms with Gasteiger partial charge in [-0.25, -0.2) is 0 Å². The van der Waals surface area contributed by atoms with Crippen molar-refractivity contribution in [2.45, 2.75) is 58.4 Å². The van der Waals surface area contributed by atoms with Gasteiger partial charge in [0.2, 0.25) is 0 Å². The first kappa shape index (κ1) is 20.3. The molecule has 24 heavy (non-hydrogen) atoms. The topological polar surface area (TPSA) is 107 Å². The summed E-state index contributed by atoms with van der Waals surface area (Å²) in [5, 5.41) is 0. The molecule has 138 valence electrons. The SMILES string of the molecule is CCOC1C(OC)OC(COC(C)=O)C(OC(C)=O)C1OC(C)=O. The van der Waals surface area contributed by atoms with Crippen molar-refractivity contribution in [3.05, 3.63) is 0 Å². The van der Waals surface area contributed by atoms with Crippen LogP contribution in [0, 0.1) is 0 Å². The average Bonchev–Trinajstić information content (AvgIpc) is 2.48. The Bertz CT molecular complexity index is 450. The summed E-state index contributed by atoms with van der Waals surface area (Å²) in [7, 11) is 1.40. The lowest BCUT2D eigenvalue weighted by Crippen LogP contribution is -2.62. The lowest BCUT2D eigenvalue weighted by molar-refractivity contribution is -0.307. The van der Waals surface area contributed by atoms with Gasteiger partial charge in [0.25, 0.3) is 0 Å². The third-order valence-corrected chi connectivity index (χ3v) is 3.24. The van der Waals surface area contributed by atoms with Crippen molar-refractivity contribution in [3.63, 3.8) is 0 Å². The fourth-order valence-electron chi connectivity index (χ4n) is 2.43. The molecule has 9 heteroatoms. The highest BCUT2D eigenvalue weighted by Gasteiger charge is 2.51. The predicted molar refractivity (Wildman–Crippen MR) is 78.8 cm³/mol. The largest absolute Gasteiger partial charge is 0.463 e. The van der Waals surface area contributed by atoms with Crippen LogP contribution in [-0.4, -0.2) is 68.9 Å². The van der Waals surface area contributed by atoms with Crippen molar-refractivity contribution in [2.75, 3.05) is 20.3 Å². The third-order valence-electron chi connectivity index (χ3n) is 3.24. The van der Waals surface area contributed by atoms with E-state index in [9.17, 15) is 14.4 Å². The minimum atomic E-state index is -1.01. The highest BCUT2D eigenvalue weighted by molar-refractivity contribution is 5.67. The number of hydrogen-bond acceptors (Lipinski definition) is 9. The Labute approximate surface area is 140 Å². The van der Waals surface area contributed by atoms with E-state index in [-0.39, 0.29) is 6.61 Å². The molecule has 0 radical (unpaired) electrons. The van der Waals surface area contributed by atoms with Crippen molar-refractivity contribution < 1.29 is 42.8 Å². The smallest absolute Gasteiger partial charge is 0.303 e. The summed E-state index contributed by atoms with van der Waals surface area (Å²) in [4.78, 5) is 34.0. The molecule has 0 aromatic rings. The molecule has 1 rings (SSSR count). The molecule has 5 atom stereocenters. The maximum Gasteiger partial charge on any atom is 0.303 e. The van der Waals surface area contributed by atoms with Gasteiger partial charge in [-0.2, -0.15) is 0 Å². The Morgan fingerprint density at radius 1 is 0.917 bits per heavy atom. The lowest BCUT2D eigenvalue weighted by Gasteiger charge is -2.44. The molecule has 0 saturated carbocycles. The lowest BCUT2D eigenvalue weighted by atomic mass is 9.98. The summed E-state index contributed by atoms with van der Waals surface area (Å²) in [6, 6.07) is 0. The number of carbonyl (C=O) groups excluding carboxylic acids is 3. The maximum absolute atomic E-state index is 11.5. The Hall–Kier alpha value is -1.71. The molecule has 0 N–H and O–H groups in total. The molecular weight excluding hydrogens is 324 g/mol. The van der Waals surface area contributed by atoms with Crippen LogP contribution in [0.5, 0.6) is 0 Å². The summed E-state index contributed by atoms with van der Waals surface area (Å²) in [5.74, 6) is -1.70. The molecule has 0 bridgehead atoms. The highest BCUT2D eigenvalue weighted by atomic mass is 16.7. The van der Waals surface area contributed by atoms with Crippen LogP contribution in [-0.2, 0) is 42.8 Å². The number of carbonyl (C=O) groups is 3. The van der Waals surface area contributed by atoms with Gasteiger partial charge in [-0.1, -0.05) is 0 Å². The van der Waals surface area contributed by atoms with Gasteiger partial charge in [-0.3, -0.25) is 14.4 Å². The Kier molecular flexibility index (Phi) is 8.09. The molecule has 1 saturated heterocycles. The second kappa shape index (κ2) is 9.55. The first-order chi connectivity index (χ1) is 11.3. The van der Waals surface area contributed by atoms with Crippen LogP contribution in [0.15, 0.2) is 0 Å². The van der Waals surface area contributed by atoms with Gasteiger partial charge in [-0.15, -0.1) is 0 Å². The Morgan fingerprint density at radius 2 is 1.50 bits per heavy atom. The van der Waals surface area contributed by atoms with E-state index in [2.05, 4.69) is 0 Å². The van der Waals surface area contributed by atoms with E-state index in [0.717, 1.165) is 0 Å². The third kappa shape index (κ3) is 5.73. The van der Waals surface area contributed by atoms with Crippen LogP contribution < -0.4 is 0 Å². The molecule has 0 aromatic heterocycles. The Balaban J connectivity index is 3.11. The fourth-order valence-corrected chi connectivity index (χ4v) is 2.43. The number of methoxy groups -OCH3 is 1. The van der Waals surface area contributed by atoms with E-state index in [4.69, 9.17) is 28.4 Å². The van der Waals surface area contributed by atoms with Crippen LogP contribution >= 0.6 is 0 Å². The zero-order chi connectivity index (χ0) is 18.3. The first-order valence-corrected chi connectivity index (χ1v) is 7.57. The van der Waals surface area contributed by atoms with Gasteiger partial charge in [-0.05, 0) is 6.92 Å². The zero-order valence-electron chi connectivity index (χ0n) is 14.5. The second-order valence-corrected chi connectivity index (χ2v) is 5.15. The van der Waals surface area contributed by atoms with Gasteiger partial charge in [0.1, 0.15) is 18.8 Å². The molecule has 1 aliphatic heterocycles. The summed E-state index contributed by atoms with van der Waals surface area (Å²) in [5.41, 5.74) is 0. The average molecular weight is 348 g/mol. The fraction of sp³-hybridized carbons (Fsp3) is 0.800. The molecule has 1 aliphatic rings. The minimum Gasteiger partial charge on any atom is -0.463 e.